The summed E-state index contributed by atoms with van der Waals surface area (Å²) in [6.45, 7) is 0.377. The molecule has 0 bridgehead atoms. The molecule has 0 aliphatic rings. The van der Waals surface area contributed by atoms with Gasteiger partial charge in [0.2, 0.25) is 0 Å². The standard InChI is InChI=1S/C20H18N2O4/c21-13-17(20(25)22-14-15-5-2-1-3-6-15)11-16-7-4-8-18(12-16)26-10-9-19(23)24/h1-8,11-12H,9-10,14H2,(H,22,25)(H,23,24)/b17-11-. The zero-order valence-electron chi connectivity index (χ0n) is 14.0. The molecule has 132 valence electrons. The van der Waals surface area contributed by atoms with Crippen molar-refractivity contribution in [2.45, 2.75) is 13.0 Å². The van der Waals surface area contributed by atoms with Crippen LogP contribution in [-0.4, -0.2) is 23.6 Å². The van der Waals surface area contributed by atoms with Gasteiger partial charge in [0.15, 0.2) is 0 Å². The average molecular weight is 350 g/mol. The Morgan fingerprint density at radius 3 is 2.62 bits per heavy atom. The fraction of sp³-hybridized carbons (Fsp3) is 0.150. The van der Waals surface area contributed by atoms with E-state index < -0.39 is 11.9 Å². The van der Waals surface area contributed by atoms with Crippen LogP contribution in [0.3, 0.4) is 0 Å². The van der Waals surface area contributed by atoms with E-state index in [2.05, 4.69) is 5.32 Å². The molecule has 0 aliphatic heterocycles. The second kappa shape index (κ2) is 9.64. The van der Waals surface area contributed by atoms with Crippen LogP contribution >= 0.6 is 0 Å². The lowest BCUT2D eigenvalue weighted by Gasteiger charge is -2.06. The Bertz CT molecular complexity index is 838. The van der Waals surface area contributed by atoms with Gasteiger partial charge in [-0.2, -0.15) is 5.26 Å². The van der Waals surface area contributed by atoms with E-state index >= 15 is 0 Å². The quantitative estimate of drug-likeness (QED) is 0.563. The molecule has 0 radical (unpaired) electrons. The van der Waals surface area contributed by atoms with Crippen molar-refractivity contribution in [3.8, 4) is 11.8 Å². The topological polar surface area (TPSA) is 99.4 Å². The summed E-state index contributed by atoms with van der Waals surface area (Å²) in [5.41, 5.74) is 1.53. The number of ether oxygens (including phenoxy) is 1. The third kappa shape index (κ3) is 6.13. The molecule has 0 fully saturated rings. The fourth-order valence-electron chi connectivity index (χ4n) is 2.14. The molecule has 6 heteroatoms. The summed E-state index contributed by atoms with van der Waals surface area (Å²) in [5.74, 6) is -0.932. The minimum absolute atomic E-state index is 0.0244. The van der Waals surface area contributed by atoms with Crippen LogP contribution in [0.1, 0.15) is 17.5 Å². The van der Waals surface area contributed by atoms with E-state index in [9.17, 15) is 14.9 Å². The number of benzene rings is 2. The number of carbonyl (C=O) groups excluding carboxylic acids is 1. The number of nitriles is 1. The molecule has 2 aromatic carbocycles. The highest BCUT2D eigenvalue weighted by atomic mass is 16.5. The number of nitrogens with one attached hydrogen (secondary N) is 1. The minimum Gasteiger partial charge on any atom is -0.493 e. The third-order valence-electron chi connectivity index (χ3n) is 3.41. The molecule has 6 nitrogen and oxygen atoms in total. The number of nitrogens with zero attached hydrogens (tertiary/aromatic N) is 1. The van der Waals surface area contributed by atoms with Crippen molar-refractivity contribution in [3.05, 3.63) is 71.3 Å². The van der Waals surface area contributed by atoms with Crippen LogP contribution in [0.15, 0.2) is 60.2 Å². The molecule has 0 aromatic heterocycles. The van der Waals surface area contributed by atoms with Gasteiger partial charge in [-0.1, -0.05) is 42.5 Å². The Hall–Kier alpha value is -3.59. The maximum atomic E-state index is 12.2. The van der Waals surface area contributed by atoms with Crippen LogP contribution in [0.4, 0.5) is 0 Å². The first kappa shape index (κ1) is 18.7. The van der Waals surface area contributed by atoms with Crippen molar-refractivity contribution >= 4 is 18.0 Å². The van der Waals surface area contributed by atoms with Crippen LogP contribution in [0, 0.1) is 11.3 Å². The number of amides is 1. The Kier molecular flexibility index (Phi) is 6.95. The maximum absolute atomic E-state index is 12.2. The molecular formula is C20H18N2O4. The van der Waals surface area contributed by atoms with E-state index in [4.69, 9.17) is 9.84 Å². The summed E-state index contributed by atoms with van der Waals surface area (Å²) < 4.78 is 5.34. The van der Waals surface area contributed by atoms with E-state index in [1.807, 2.05) is 36.4 Å². The third-order valence-corrected chi connectivity index (χ3v) is 3.41. The Morgan fingerprint density at radius 2 is 1.92 bits per heavy atom. The summed E-state index contributed by atoms with van der Waals surface area (Å²) in [5, 5.41) is 20.6. The number of carbonyl (C=O) groups is 2. The summed E-state index contributed by atoms with van der Waals surface area (Å²) in [7, 11) is 0. The predicted octanol–water partition coefficient (Wildman–Crippen LogP) is 2.76. The number of rotatable bonds is 8. The van der Waals surface area contributed by atoms with Crippen LogP contribution in [-0.2, 0) is 16.1 Å². The Morgan fingerprint density at radius 1 is 1.15 bits per heavy atom. The largest absolute Gasteiger partial charge is 0.493 e. The van der Waals surface area contributed by atoms with E-state index in [-0.39, 0.29) is 18.6 Å². The highest BCUT2D eigenvalue weighted by Crippen LogP contribution is 2.16. The van der Waals surface area contributed by atoms with E-state index in [0.717, 1.165) is 5.56 Å². The first-order chi connectivity index (χ1) is 12.6. The zero-order chi connectivity index (χ0) is 18.8. The van der Waals surface area contributed by atoms with Crippen LogP contribution < -0.4 is 10.1 Å². The van der Waals surface area contributed by atoms with Gasteiger partial charge >= 0.3 is 5.97 Å². The molecular weight excluding hydrogens is 332 g/mol. The number of carboxylic acids is 1. The lowest BCUT2D eigenvalue weighted by Crippen LogP contribution is -2.23. The molecule has 0 saturated carbocycles. The molecule has 1 amide bonds. The van der Waals surface area contributed by atoms with Crippen molar-refractivity contribution in [1.82, 2.24) is 5.32 Å². The molecule has 2 aromatic rings. The second-order valence-corrected chi connectivity index (χ2v) is 5.40. The molecule has 2 N–H and O–H groups in total. The molecule has 0 spiro atoms. The molecule has 2 rings (SSSR count). The van der Waals surface area contributed by atoms with Crippen molar-refractivity contribution in [3.63, 3.8) is 0 Å². The fourth-order valence-corrected chi connectivity index (χ4v) is 2.14. The minimum atomic E-state index is -0.942. The molecule has 0 saturated heterocycles. The normalized spacial score (nSPS) is 10.7. The number of aliphatic carboxylic acids is 1. The highest BCUT2D eigenvalue weighted by molar-refractivity contribution is 6.01. The van der Waals surface area contributed by atoms with Crippen molar-refractivity contribution in [2.75, 3.05) is 6.61 Å². The number of carboxylic acid groups (broad SMARTS) is 1. The van der Waals surface area contributed by atoms with E-state index in [1.165, 1.54) is 6.08 Å². The summed E-state index contributed by atoms with van der Waals surface area (Å²) in [6, 6.07) is 18.1. The Labute approximate surface area is 151 Å². The first-order valence-corrected chi connectivity index (χ1v) is 7.97. The van der Waals surface area contributed by atoms with Gasteiger partial charge in [-0.05, 0) is 29.3 Å². The van der Waals surface area contributed by atoms with Gasteiger partial charge in [-0.15, -0.1) is 0 Å². The predicted molar refractivity (Wildman–Crippen MR) is 96.1 cm³/mol. The highest BCUT2D eigenvalue weighted by Gasteiger charge is 2.09. The van der Waals surface area contributed by atoms with E-state index in [1.54, 1.807) is 24.3 Å². The molecule has 0 atom stereocenters. The van der Waals surface area contributed by atoms with Crippen molar-refractivity contribution in [1.29, 1.82) is 5.26 Å². The van der Waals surface area contributed by atoms with Crippen LogP contribution in [0.2, 0.25) is 0 Å². The van der Waals surface area contributed by atoms with Crippen molar-refractivity contribution < 1.29 is 19.4 Å². The average Bonchev–Trinajstić information content (AvgIpc) is 2.65. The van der Waals surface area contributed by atoms with Crippen molar-refractivity contribution in [2.24, 2.45) is 0 Å². The maximum Gasteiger partial charge on any atom is 0.306 e. The second-order valence-electron chi connectivity index (χ2n) is 5.40. The van der Waals surface area contributed by atoms with Gasteiger partial charge in [0.05, 0.1) is 13.0 Å². The summed E-state index contributed by atoms with van der Waals surface area (Å²) in [4.78, 5) is 22.7. The van der Waals surface area contributed by atoms with Gasteiger partial charge in [-0.25, -0.2) is 0 Å². The van der Waals surface area contributed by atoms with Crippen LogP contribution in [0.25, 0.3) is 6.08 Å². The smallest absolute Gasteiger partial charge is 0.306 e. The summed E-state index contributed by atoms with van der Waals surface area (Å²) in [6.07, 6.45) is 1.36. The SMILES string of the molecule is N#C/C(=C/c1cccc(OCCC(=O)O)c1)C(=O)NCc1ccccc1. The van der Waals surface area contributed by atoms with E-state index in [0.29, 0.717) is 17.9 Å². The molecule has 0 unspecified atom stereocenters. The van der Waals surface area contributed by atoms with Gasteiger partial charge < -0.3 is 15.2 Å². The lowest BCUT2D eigenvalue weighted by atomic mass is 10.1. The Balaban J connectivity index is 2.01. The molecule has 26 heavy (non-hydrogen) atoms. The number of hydrogen-bond donors (Lipinski definition) is 2. The molecule has 0 aliphatic carbocycles. The van der Waals surface area contributed by atoms with Gasteiger partial charge in [0, 0.05) is 6.54 Å². The van der Waals surface area contributed by atoms with Crippen LogP contribution in [0.5, 0.6) is 5.75 Å². The lowest BCUT2D eigenvalue weighted by molar-refractivity contribution is -0.137. The van der Waals surface area contributed by atoms with Gasteiger partial charge in [0.25, 0.3) is 5.91 Å². The number of hydrogen-bond acceptors (Lipinski definition) is 4. The zero-order valence-corrected chi connectivity index (χ0v) is 14.0. The van der Waals surface area contributed by atoms with Gasteiger partial charge in [-0.3, -0.25) is 9.59 Å². The summed E-state index contributed by atoms with van der Waals surface area (Å²) >= 11 is 0. The molecule has 0 heterocycles. The van der Waals surface area contributed by atoms with Gasteiger partial charge in [0.1, 0.15) is 17.4 Å². The monoisotopic (exact) mass is 350 g/mol. The first-order valence-electron chi connectivity index (χ1n) is 7.97.